The van der Waals surface area contributed by atoms with Crippen LogP contribution in [-0.2, 0) is 4.79 Å². The monoisotopic (exact) mass is 214 g/mol. The molecule has 3 aliphatic carbocycles. The molecule has 0 aromatic carbocycles. The van der Waals surface area contributed by atoms with Gasteiger partial charge in [0.25, 0.3) is 0 Å². The molecule has 84 valence electrons. The summed E-state index contributed by atoms with van der Waals surface area (Å²) in [6.07, 6.45) is 7.89. The molecule has 3 saturated carbocycles. The summed E-state index contributed by atoms with van der Waals surface area (Å²) in [6, 6.07) is 0. The maximum Gasteiger partial charge on any atom is 0.162 e. The average Bonchev–Trinajstić information content (AvgIpc) is 2.57. The van der Waals surface area contributed by atoms with Gasteiger partial charge in [-0.1, -0.05) is 31.2 Å². The molecule has 0 saturated heterocycles. The van der Waals surface area contributed by atoms with Crippen LogP contribution in [0.25, 0.3) is 0 Å². The van der Waals surface area contributed by atoms with E-state index in [0.717, 1.165) is 18.4 Å². The molecule has 0 aromatic heterocycles. The third-order valence-electron chi connectivity index (χ3n) is 5.17. The van der Waals surface area contributed by atoms with E-state index in [4.69, 9.17) is 7.85 Å². The zero-order valence-corrected chi connectivity index (χ0v) is 9.99. The van der Waals surface area contributed by atoms with E-state index >= 15 is 0 Å². The Balaban J connectivity index is 2.00. The summed E-state index contributed by atoms with van der Waals surface area (Å²) >= 11 is 0. The van der Waals surface area contributed by atoms with Gasteiger partial charge in [-0.3, -0.25) is 4.79 Å². The highest BCUT2D eigenvalue weighted by Gasteiger charge is 2.52. The quantitative estimate of drug-likeness (QED) is 0.447. The second-order valence-electron chi connectivity index (χ2n) is 5.73. The van der Waals surface area contributed by atoms with Gasteiger partial charge in [0, 0.05) is 5.92 Å². The van der Waals surface area contributed by atoms with Crippen LogP contribution >= 0.6 is 0 Å². The van der Waals surface area contributed by atoms with Crippen molar-refractivity contribution in [1.82, 2.24) is 0 Å². The van der Waals surface area contributed by atoms with Gasteiger partial charge < -0.3 is 0 Å². The maximum atomic E-state index is 12.3. The molecule has 1 nitrogen and oxygen atoms in total. The third-order valence-corrected chi connectivity index (χ3v) is 5.17. The van der Waals surface area contributed by atoms with Crippen molar-refractivity contribution < 1.29 is 4.79 Å². The fourth-order valence-corrected chi connectivity index (χ4v) is 4.54. The number of hydrogen-bond acceptors (Lipinski definition) is 1. The van der Waals surface area contributed by atoms with Crippen molar-refractivity contribution in [2.75, 3.05) is 0 Å². The number of hydrogen-bond donors (Lipinski definition) is 0. The molecule has 5 atom stereocenters. The van der Waals surface area contributed by atoms with Crippen LogP contribution in [-0.4, -0.2) is 13.6 Å². The topological polar surface area (TPSA) is 17.1 Å². The molecule has 3 fully saturated rings. The lowest BCUT2D eigenvalue weighted by Gasteiger charge is -2.44. The summed E-state index contributed by atoms with van der Waals surface area (Å²) < 4.78 is 0. The van der Waals surface area contributed by atoms with Gasteiger partial charge in [0.15, 0.2) is 5.78 Å². The lowest BCUT2D eigenvalue weighted by molar-refractivity contribution is -0.120. The normalized spacial score (nSPS) is 49.4. The van der Waals surface area contributed by atoms with E-state index < -0.39 is 0 Å². The number of carbonyl (C=O) groups is 1. The molecule has 16 heavy (non-hydrogen) atoms. The molecule has 2 radical (unpaired) electrons. The summed E-state index contributed by atoms with van der Waals surface area (Å²) in [4.78, 5) is 12.3. The van der Waals surface area contributed by atoms with Gasteiger partial charge in [-0.15, -0.1) is 0 Å². The van der Waals surface area contributed by atoms with Crippen molar-refractivity contribution in [2.24, 2.45) is 23.7 Å². The molecule has 0 aromatic rings. The lowest BCUT2D eigenvalue weighted by atomic mass is 9.55. The van der Waals surface area contributed by atoms with E-state index in [1.807, 2.05) is 6.92 Å². The van der Waals surface area contributed by atoms with Crippen LogP contribution in [0, 0.1) is 23.7 Å². The first kappa shape index (κ1) is 10.6. The van der Waals surface area contributed by atoms with E-state index in [9.17, 15) is 4.79 Å². The van der Waals surface area contributed by atoms with Crippen LogP contribution in [0.2, 0.25) is 5.82 Å². The number of carbonyl (C=O) groups excluding carboxylic acids is 1. The van der Waals surface area contributed by atoms with E-state index in [-0.39, 0.29) is 0 Å². The molecular weight excluding hydrogens is 195 g/mol. The second kappa shape index (κ2) is 3.75. The standard InChI is InChI=1S/C14H19BO/c1-2-8-9-4-3-5-10-12(15)7-6-11(13(9)10)14(8)16/h2,9-13H,3-7H2,1H3. The minimum absolute atomic E-state index is 0.321. The van der Waals surface area contributed by atoms with Gasteiger partial charge in [-0.2, -0.15) is 0 Å². The van der Waals surface area contributed by atoms with Crippen LogP contribution in [0.15, 0.2) is 11.6 Å². The highest BCUT2D eigenvalue weighted by atomic mass is 16.1. The first-order chi connectivity index (χ1) is 7.74. The Labute approximate surface area is 99.1 Å². The van der Waals surface area contributed by atoms with Crippen molar-refractivity contribution in [3.8, 4) is 0 Å². The van der Waals surface area contributed by atoms with E-state index in [1.54, 1.807) is 0 Å². The van der Waals surface area contributed by atoms with Crippen LogP contribution in [0.3, 0.4) is 0 Å². The van der Waals surface area contributed by atoms with Crippen LogP contribution in [0.1, 0.15) is 39.0 Å². The largest absolute Gasteiger partial charge is 0.294 e. The Kier molecular flexibility index (Phi) is 2.49. The minimum Gasteiger partial charge on any atom is -0.294 e. The van der Waals surface area contributed by atoms with Crippen LogP contribution < -0.4 is 0 Å². The first-order valence-corrected chi connectivity index (χ1v) is 6.70. The highest BCUT2D eigenvalue weighted by Crippen LogP contribution is 2.57. The summed E-state index contributed by atoms with van der Waals surface area (Å²) in [5, 5.41) is 0. The molecule has 0 aliphatic heterocycles. The smallest absolute Gasteiger partial charge is 0.162 e. The Bertz CT molecular complexity index is 347. The van der Waals surface area contributed by atoms with E-state index in [1.165, 1.54) is 19.3 Å². The van der Waals surface area contributed by atoms with Gasteiger partial charge in [-0.05, 0) is 43.1 Å². The molecule has 5 unspecified atom stereocenters. The van der Waals surface area contributed by atoms with Crippen molar-refractivity contribution in [3.63, 3.8) is 0 Å². The van der Waals surface area contributed by atoms with Gasteiger partial charge in [-0.25, -0.2) is 0 Å². The Hall–Kier alpha value is -0.525. The van der Waals surface area contributed by atoms with Crippen molar-refractivity contribution in [2.45, 2.75) is 44.8 Å². The lowest BCUT2D eigenvalue weighted by Crippen LogP contribution is -2.36. The van der Waals surface area contributed by atoms with Crippen molar-refractivity contribution in [3.05, 3.63) is 11.6 Å². The third kappa shape index (κ3) is 1.28. The molecule has 0 spiro atoms. The Morgan fingerprint density at radius 3 is 2.75 bits per heavy atom. The second-order valence-corrected chi connectivity index (χ2v) is 5.73. The Morgan fingerprint density at radius 1 is 1.19 bits per heavy atom. The number of Topliss-reactive ketones (excluding diaryl/α,β-unsaturated/α-hetero) is 1. The Morgan fingerprint density at radius 2 is 2.00 bits per heavy atom. The maximum absolute atomic E-state index is 12.3. The zero-order chi connectivity index (χ0) is 11.3. The van der Waals surface area contributed by atoms with Gasteiger partial charge in [0.2, 0.25) is 0 Å². The fraction of sp³-hybridized carbons (Fsp3) is 0.786. The highest BCUT2D eigenvalue weighted by molar-refractivity contribution is 6.12. The predicted octanol–water partition coefficient (Wildman–Crippen LogP) is 2.91. The van der Waals surface area contributed by atoms with Gasteiger partial charge in [0.05, 0.1) is 7.85 Å². The molecule has 0 heterocycles. The number of allylic oxidation sites excluding steroid dienone is 2. The van der Waals surface area contributed by atoms with Gasteiger partial charge in [0.1, 0.15) is 0 Å². The molecule has 3 aliphatic rings. The molecule has 0 bridgehead atoms. The average molecular weight is 214 g/mol. The summed E-state index contributed by atoms with van der Waals surface area (Å²) in [6.45, 7) is 2.02. The molecule has 2 heteroatoms. The number of rotatable bonds is 0. The summed E-state index contributed by atoms with van der Waals surface area (Å²) in [7, 11) is 6.24. The van der Waals surface area contributed by atoms with Crippen molar-refractivity contribution >= 4 is 13.6 Å². The molecule has 0 N–H and O–H groups in total. The van der Waals surface area contributed by atoms with Crippen LogP contribution in [0.4, 0.5) is 0 Å². The van der Waals surface area contributed by atoms with E-state index in [2.05, 4.69) is 6.08 Å². The summed E-state index contributed by atoms with van der Waals surface area (Å²) in [5.41, 5.74) is 1.13. The molecular formula is C14H19BO. The molecule has 3 rings (SSSR count). The number of ketones is 1. The van der Waals surface area contributed by atoms with Crippen molar-refractivity contribution in [1.29, 1.82) is 0 Å². The predicted molar refractivity (Wildman–Crippen MR) is 65.3 cm³/mol. The SMILES string of the molecule is [B]C1CCC2C(=O)C(=CC)C3CCCC1C23. The van der Waals surface area contributed by atoms with E-state index in [0.29, 0.717) is 35.3 Å². The zero-order valence-electron chi connectivity index (χ0n) is 9.99. The molecule has 0 amide bonds. The fourth-order valence-electron chi connectivity index (χ4n) is 4.54. The first-order valence-electron chi connectivity index (χ1n) is 6.70. The van der Waals surface area contributed by atoms with Crippen LogP contribution in [0.5, 0.6) is 0 Å². The summed E-state index contributed by atoms with van der Waals surface area (Å²) in [5.74, 6) is 2.90. The van der Waals surface area contributed by atoms with Gasteiger partial charge >= 0.3 is 0 Å². The minimum atomic E-state index is 0.321.